The Bertz CT molecular complexity index is 731. The SMILES string of the molecule is CC(=O)c1ccc2ccn(Cc3ccncc3)c2n1. The lowest BCUT2D eigenvalue weighted by atomic mass is 10.2. The highest BCUT2D eigenvalue weighted by molar-refractivity contribution is 5.94. The number of carbonyl (C=O) groups is 1. The zero-order chi connectivity index (χ0) is 13.2. The first kappa shape index (κ1) is 11.6. The number of nitrogens with zero attached hydrogens (tertiary/aromatic N) is 3. The van der Waals surface area contributed by atoms with Gasteiger partial charge in [-0.15, -0.1) is 0 Å². The summed E-state index contributed by atoms with van der Waals surface area (Å²) in [5.41, 5.74) is 2.49. The molecule has 0 saturated carbocycles. The van der Waals surface area contributed by atoms with Crippen LogP contribution in [0.3, 0.4) is 0 Å². The molecule has 0 atom stereocenters. The molecular formula is C15H13N3O. The third-order valence-corrected chi connectivity index (χ3v) is 3.07. The van der Waals surface area contributed by atoms with Crippen LogP contribution in [0, 0.1) is 0 Å². The molecule has 0 aliphatic rings. The second-order valence-corrected chi connectivity index (χ2v) is 4.46. The number of carbonyl (C=O) groups excluding carboxylic acids is 1. The summed E-state index contributed by atoms with van der Waals surface area (Å²) >= 11 is 0. The molecule has 0 aliphatic carbocycles. The van der Waals surface area contributed by atoms with E-state index < -0.39 is 0 Å². The number of hydrogen-bond donors (Lipinski definition) is 0. The molecule has 3 heterocycles. The number of pyridine rings is 2. The predicted octanol–water partition coefficient (Wildman–Crippen LogP) is 2.68. The number of hydrogen-bond acceptors (Lipinski definition) is 3. The molecule has 0 aromatic carbocycles. The molecule has 0 spiro atoms. The van der Waals surface area contributed by atoms with Crippen LogP contribution in [-0.4, -0.2) is 20.3 Å². The molecule has 0 fully saturated rings. The second kappa shape index (κ2) is 4.65. The Morgan fingerprint density at radius 1 is 1.16 bits per heavy atom. The summed E-state index contributed by atoms with van der Waals surface area (Å²) in [6.07, 6.45) is 5.53. The number of rotatable bonds is 3. The Morgan fingerprint density at radius 2 is 1.95 bits per heavy atom. The summed E-state index contributed by atoms with van der Waals surface area (Å²) in [7, 11) is 0. The van der Waals surface area contributed by atoms with Crippen molar-refractivity contribution in [3.63, 3.8) is 0 Å². The molecule has 3 aromatic rings. The molecule has 0 saturated heterocycles. The molecule has 0 unspecified atom stereocenters. The van der Waals surface area contributed by atoms with E-state index in [1.165, 1.54) is 6.92 Å². The smallest absolute Gasteiger partial charge is 0.178 e. The number of ketones is 1. The summed E-state index contributed by atoms with van der Waals surface area (Å²) in [4.78, 5) is 19.8. The van der Waals surface area contributed by atoms with Gasteiger partial charge in [-0.1, -0.05) is 0 Å². The fourth-order valence-electron chi connectivity index (χ4n) is 2.07. The first-order chi connectivity index (χ1) is 9.24. The molecule has 0 amide bonds. The van der Waals surface area contributed by atoms with Gasteiger partial charge in [0.2, 0.25) is 0 Å². The van der Waals surface area contributed by atoms with Crippen LogP contribution in [-0.2, 0) is 6.54 Å². The first-order valence-electron chi connectivity index (χ1n) is 6.10. The highest BCUT2D eigenvalue weighted by atomic mass is 16.1. The van der Waals surface area contributed by atoms with Gasteiger partial charge in [0.15, 0.2) is 5.78 Å². The molecule has 94 valence electrons. The van der Waals surface area contributed by atoms with Crippen LogP contribution in [0.1, 0.15) is 23.0 Å². The zero-order valence-corrected chi connectivity index (χ0v) is 10.6. The van der Waals surface area contributed by atoms with Crippen LogP contribution >= 0.6 is 0 Å². The number of Topliss-reactive ketones (excluding diaryl/α,β-unsaturated/α-hetero) is 1. The van der Waals surface area contributed by atoms with Gasteiger partial charge in [0, 0.05) is 37.4 Å². The molecule has 0 radical (unpaired) electrons. The molecule has 4 heteroatoms. The molecular weight excluding hydrogens is 238 g/mol. The molecule has 4 nitrogen and oxygen atoms in total. The zero-order valence-electron chi connectivity index (χ0n) is 10.6. The van der Waals surface area contributed by atoms with Crippen molar-refractivity contribution in [1.29, 1.82) is 0 Å². The molecule has 0 N–H and O–H groups in total. The molecule has 3 aromatic heterocycles. The van der Waals surface area contributed by atoms with E-state index in [9.17, 15) is 4.79 Å². The topological polar surface area (TPSA) is 47.8 Å². The van der Waals surface area contributed by atoms with Crippen LogP contribution in [0.25, 0.3) is 11.0 Å². The Balaban J connectivity index is 2.04. The predicted molar refractivity (Wildman–Crippen MR) is 73.1 cm³/mol. The van der Waals surface area contributed by atoms with Gasteiger partial charge in [-0.25, -0.2) is 4.98 Å². The minimum absolute atomic E-state index is 0.0152. The van der Waals surface area contributed by atoms with E-state index in [4.69, 9.17) is 0 Å². The van der Waals surface area contributed by atoms with E-state index in [2.05, 4.69) is 9.97 Å². The highest BCUT2D eigenvalue weighted by Gasteiger charge is 2.07. The van der Waals surface area contributed by atoms with Crippen LogP contribution < -0.4 is 0 Å². The average Bonchev–Trinajstić information content (AvgIpc) is 2.82. The fourth-order valence-corrected chi connectivity index (χ4v) is 2.07. The van der Waals surface area contributed by atoms with E-state index in [1.807, 2.05) is 35.0 Å². The van der Waals surface area contributed by atoms with Crippen molar-refractivity contribution in [3.05, 3.63) is 60.2 Å². The Morgan fingerprint density at radius 3 is 2.68 bits per heavy atom. The number of aromatic nitrogens is 3. The molecule has 19 heavy (non-hydrogen) atoms. The van der Waals surface area contributed by atoms with Gasteiger partial charge >= 0.3 is 0 Å². The Hall–Kier alpha value is -2.49. The molecule has 3 rings (SSSR count). The normalized spacial score (nSPS) is 10.8. The van der Waals surface area contributed by atoms with E-state index in [-0.39, 0.29) is 5.78 Å². The largest absolute Gasteiger partial charge is 0.328 e. The lowest BCUT2D eigenvalue weighted by Gasteiger charge is -2.05. The Kier molecular flexibility index (Phi) is 2.83. The summed E-state index contributed by atoms with van der Waals surface area (Å²) in [5, 5.41) is 1.04. The third-order valence-electron chi connectivity index (χ3n) is 3.07. The van der Waals surface area contributed by atoms with E-state index in [0.717, 1.165) is 23.1 Å². The minimum atomic E-state index is -0.0152. The van der Waals surface area contributed by atoms with Gasteiger partial charge in [-0.05, 0) is 35.9 Å². The maximum Gasteiger partial charge on any atom is 0.178 e. The van der Waals surface area contributed by atoms with Crippen molar-refractivity contribution >= 4 is 16.8 Å². The van der Waals surface area contributed by atoms with Gasteiger partial charge in [0.25, 0.3) is 0 Å². The quantitative estimate of drug-likeness (QED) is 0.672. The summed E-state index contributed by atoms with van der Waals surface area (Å²) in [6, 6.07) is 9.65. The van der Waals surface area contributed by atoms with E-state index in [1.54, 1.807) is 18.5 Å². The van der Waals surface area contributed by atoms with E-state index >= 15 is 0 Å². The van der Waals surface area contributed by atoms with Crippen molar-refractivity contribution in [2.24, 2.45) is 0 Å². The van der Waals surface area contributed by atoms with Crippen LogP contribution in [0.5, 0.6) is 0 Å². The molecule has 0 bridgehead atoms. The van der Waals surface area contributed by atoms with Gasteiger partial charge in [0.1, 0.15) is 11.3 Å². The van der Waals surface area contributed by atoms with E-state index in [0.29, 0.717) is 5.69 Å². The standard InChI is InChI=1S/C15H13N3O/c1-11(19)14-3-2-13-6-9-18(15(13)17-14)10-12-4-7-16-8-5-12/h2-9H,10H2,1H3. The number of fused-ring (bicyclic) bond motifs is 1. The van der Waals surface area contributed by atoms with Gasteiger partial charge in [0.05, 0.1) is 0 Å². The van der Waals surface area contributed by atoms with Crippen LogP contribution in [0.2, 0.25) is 0 Å². The monoisotopic (exact) mass is 251 g/mol. The van der Waals surface area contributed by atoms with Gasteiger partial charge < -0.3 is 4.57 Å². The summed E-state index contributed by atoms with van der Waals surface area (Å²) in [5.74, 6) is -0.0152. The lowest BCUT2D eigenvalue weighted by molar-refractivity contribution is 0.101. The third kappa shape index (κ3) is 2.25. The summed E-state index contributed by atoms with van der Waals surface area (Å²) < 4.78 is 2.04. The average molecular weight is 251 g/mol. The fraction of sp³-hybridized carbons (Fsp3) is 0.133. The lowest BCUT2D eigenvalue weighted by Crippen LogP contribution is -2.02. The van der Waals surface area contributed by atoms with Gasteiger partial charge in [-0.2, -0.15) is 0 Å². The first-order valence-corrected chi connectivity index (χ1v) is 6.10. The summed E-state index contributed by atoms with van der Waals surface area (Å²) in [6.45, 7) is 2.25. The maximum absolute atomic E-state index is 11.4. The minimum Gasteiger partial charge on any atom is -0.328 e. The highest BCUT2D eigenvalue weighted by Crippen LogP contribution is 2.16. The Labute approximate surface area is 110 Å². The van der Waals surface area contributed by atoms with Crippen LogP contribution in [0.15, 0.2) is 48.9 Å². The van der Waals surface area contributed by atoms with Crippen LogP contribution in [0.4, 0.5) is 0 Å². The van der Waals surface area contributed by atoms with Gasteiger partial charge in [-0.3, -0.25) is 9.78 Å². The second-order valence-electron chi connectivity index (χ2n) is 4.46. The van der Waals surface area contributed by atoms with Crippen molar-refractivity contribution < 1.29 is 4.79 Å². The molecule has 0 aliphatic heterocycles. The van der Waals surface area contributed by atoms with Crippen molar-refractivity contribution in [1.82, 2.24) is 14.5 Å². The van der Waals surface area contributed by atoms with Crippen molar-refractivity contribution in [3.8, 4) is 0 Å². The van der Waals surface area contributed by atoms with Crippen molar-refractivity contribution in [2.45, 2.75) is 13.5 Å². The van der Waals surface area contributed by atoms with Crippen molar-refractivity contribution in [2.75, 3.05) is 0 Å². The maximum atomic E-state index is 11.4.